The van der Waals surface area contributed by atoms with Crippen LogP contribution in [-0.4, -0.2) is 16.7 Å². The van der Waals surface area contributed by atoms with Gasteiger partial charge in [-0.3, -0.25) is 0 Å². The maximum absolute atomic E-state index is 10.2. The van der Waals surface area contributed by atoms with Gasteiger partial charge in [-0.1, -0.05) is 27.2 Å². The normalized spacial score (nSPS) is 39.0. The van der Waals surface area contributed by atoms with E-state index in [1.54, 1.807) is 0 Å². The molecule has 0 radical (unpaired) electrons. The fourth-order valence-corrected chi connectivity index (χ4v) is 2.37. The SMILES string of the molecule is CCCC1(O)CCC(C)(C)CC1N. The summed E-state index contributed by atoms with van der Waals surface area (Å²) in [6, 6.07) is -0.0313. The fraction of sp³-hybridized carbons (Fsp3) is 1.00. The third-order valence-corrected chi connectivity index (χ3v) is 3.38. The first-order valence-corrected chi connectivity index (χ1v) is 5.38. The molecule has 1 aliphatic carbocycles. The summed E-state index contributed by atoms with van der Waals surface area (Å²) in [6.45, 7) is 6.57. The molecule has 0 aromatic heterocycles. The Hall–Kier alpha value is -0.0800. The van der Waals surface area contributed by atoms with Crippen LogP contribution in [-0.2, 0) is 0 Å². The smallest absolute Gasteiger partial charge is 0.0798 e. The van der Waals surface area contributed by atoms with E-state index >= 15 is 0 Å². The predicted molar refractivity (Wildman–Crippen MR) is 55.5 cm³/mol. The van der Waals surface area contributed by atoms with E-state index in [0.29, 0.717) is 5.41 Å². The lowest BCUT2D eigenvalue weighted by Gasteiger charge is -2.45. The van der Waals surface area contributed by atoms with E-state index in [2.05, 4.69) is 20.8 Å². The Morgan fingerprint density at radius 1 is 1.38 bits per heavy atom. The molecule has 2 atom stereocenters. The molecule has 0 spiro atoms. The summed E-state index contributed by atoms with van der Waals surface area (Å²) in [4.78, 5) is 0. The first kappa shape index (κ1) is 11.0. The van der Waals surface area contributed by atoms with Crippen LogP contribution in [0.5, 0.6) is 0 Å². The van der Waals surface area contributed by atoms with Crippen LogP contribution in [0, 0.1) is 5.41 Å². The molecular weight excluding hydrogens is 162 g/mol. The molecule has 2 heteroatoms. The Morgan fingerprint density at radius 2 is 2.00 bits per heavy atom. The number of hydrogen-bond donors (Lipinski definition) is 2. The minimum Gasteiger partial charge on any atom is -0.388 e. The summed E-state index contributed by atoms with van der Waals surface area (Å²) >= 11 is 0. The zero-order valence-electron chi connectivity index (χ0n) is 9.14. The van der Waals surface area contributed by atoms with Gasteiger partial charge in [-0.15, -0.1) is 0 Å². The van der Waals surface area contributed by atoms with Crippen LogP contribution in [0.2, 0.25) is 0 Å². The van der Waals surface area contributed by atoms with Crippen LogP contribution in [0.15, 0.2) is 0 Å². The molecule has 0 aromatic carbocycles. The molecular formula is C11H23NO. The Bertz CT molecular complexity index is 179. The molecule has 1 saturated carbocycles. The van der Waals surface area contributed by atoms with Crippen molar-refractivity contribution in [3.63, 3.8) is 0 Å². The van der Waals surface area contributed by atoms with E-state index in [9.17, 15) is 5.11 Å². The standard InChI is InChI=1S/C11H23NO/c1-4-5-11(13)7-6-10(2,3)8-9(11)12/h9,13H,4-8,12H2,1-3H3. The molecule has 0 saturated heterocycles. The van der Waals surface area contributed by atoms with E-state index < -0.39 is 5.60 Å². The molecule has 0 heterocycles. The summed E-state index contributed by atoms with van der Waals surface area (Å²) in [5.74, 6) is 0. The van der Waals surface area contributed by atoms with Crippen LogP contribution in [0.3, 0.4) is 0 Å². The number of aliphatic hydroxyl groups is 1. The first-order valence-electron chi connectivity index (χ1n) is 5.38. The highest BCUT2D eigenvalue weighted by atomic mass is 16.3. The number of hydrogen-bond acceptors (Lipinski definition) is 2. The number of nitrogens with two attached hydrogens (primary N) is 1. The van der Waals surface area contributed by atoms with E-state index in [1.165, 1.54) is 0 Å². The van der Waals surface area contributed by atoms with Crippen LogP contribution < -0.4 is 5.73 Å². The highest BCUT2D eigenvalue weighted by molar-refractivity contribution is 4.97. The summed E-state index contributed by atoms with van der Waals surface area (Å²) in [5.41, 5.74) is 5.76. The van der Waals surface area contributed by atoms with Gasteiger partial charge >= 0.3 is 0 Å². The topological polar surface area (TPSA) is 46.2 Å². The zero-order chi connectivity index (χ0) is 10.1. The van der Waals surface area contributed by atoms with Crippen molar-refractivity contribution in [3.05, 3.63) is 0 Å². The molecule has 2 nitrogen and oxygen atoms in total. The summed E-state index contributed by atoms with van der Waals surface area (Å²) in [6.07, 6.45) is 4.78. The molecule has 1 aliphatic rings. The van der Waals surface area contributed by atoms with Crippen molar-refractivity contribution in [2.45, 2.75) is 64.5 Å². The third kappa shape index (κ3) is 2.44. The van der Waals surface area contributed by atoms with Crippen molar-refractivity contribution in [3.8, 4) is 0 Å². The van der Waals surface area contributed by atoms with Gasteiger partial charge in [0.2, 0.25) is 0 Å². The lowest BCUT2D eigenvalue weighted by molar-refractivity contribution is -0.0501. The fourth-order valence-electron chi connectivity index (χ4n) is 2.37. The van der Waals surface area contributed by atoms with Gasteiger partial charge in [-0.25, -0.2) is 0 Å². The van der Waals surface area contributed by atoms with Crippen molar-refractivity contribution in [2.24, 2.45) is 11.1 Å². The highest BCUT2D eigenvalue weighted by Crippen LogP contribution is 2.41. The van der Waals surface area contributed by atoms with Crippen LogP contribution in [0.25, 0.3) is 0 Å². The average molecular weight is 185 g/mol. The Morgan fingerprint density at radius 3 is 2.46 bits per heavy atom. The van der Waals surface area contributed by atoms with E-state index in [-0.39, 0.29) is 6.04 Å². The van der Waals surface area contributed by atoms with Gasteiger partial charge in [0.25, 0.3) is 0 Å². The molecule has 2 unspecified atom stereocenters. The van der Waals surface area contributed by atoms with Crippen molar-refractivity contribution >= 4 is 0 Å². The second-order valence-corrected chi connectivity index (χ2v) is 5.33. The third-order valence-electron chi connectivity index (χ3n) is 3.38. The monoisotopic (exact) mass is 185 g/mol. The summed E-state index contributed by atoms with van der Waals surface area (Å²) < 4.78 is 0. The van der Waals surface area contributed by atoms with Gasteiger partial charge in [0.1, 0.15) is 0 Å². The lowest BCUT2D eigenvalue weighted by atomic mass is 9.67. The van der Waals surface area contributed by atoms with Gasteiger partial charge in [-0.05, 0) is 31.1 Å². The van der Waals surface area contributed by atoms with Crippen LogP contribution >= 0.6 is 0 Å². The molecule has 0 bridgehead atoms. The Labute approximate surface area is 81.5 Å². The van der Waals surface area contributed by atoms with E-state index in [1.807, 2.05) is 0 Å². The van der Waals surface area contributed by atoms with E-state index in [4.69, 9.17) is 5.73 Å². The summed E-state index contributed by atoms with van der Waals surface area (Å²) in [7, 11) is 0. The van der Waals surface area contributed by atoms with Gasteiger partial charge in [0.15, 0.2) is 0 Å². The molecule has 1 fully saturated rings. The minimum absolute atomic E-state index is 0.0313. The molecule has 0 aromatic rings. The quantitative estimate of drug-likeness (QED) is 0.691. The predicted octanol–water partition coefficient (Wildman–Crippen LogP) is 2.06. The van der Waals surface area contributed by atoms with Crippen molar-refractivity contribution in [1.82, 2.24) is 0 Å². The molecule has 0 aliphatic heterocycles. The van der Waals surface area contributed by atoms with Gasteiger partial charge in [0, 0.05) is 6.04 Å². The molecule has 0 amide bonds. The highest BCUT2D eigenvalue weighted by Gasteiger charge is 2.41. The van der Waals surface area contributed by atoms with Crippen molar-refractivity contribution < 1.29 is 5.11 Å². The van der Waals surface area contributed by atoms with Crippen LogP contribution in [0.1, 0.15) is 52.9 Å². The second-order valence-electron chi connectivity index (χ2n) is 5.33. The van der Waals surface area contributed by atoms with Crippen LogP contribution in [0.4, 0.5) is 0 Å². The van der Waals surface area contributed by atoms with Gasteiger partial charge in [0.05, 0.1) is 5.60 Å². The first-order chi connectivity index (χ1) is 5.90. The minimum atomic E-state index is -0.579. The largest absolute Gasteiger partial charge is 0.388 e. The molecule has 3 N–H and O–H groups in total. The van der Waals surface area contributed by atoms with Gasteiger partial charge in [-0.2, -0.15) is 0 Å². The van der Waals surface area contributed by atoms with E-state index in [0.717, 1.165) is 32.1 Å². The Kier molecular flexibility index (Phi) is 3.03. The molecule has 1 rings (SSSR count). The molecule has 78 valence electrons. The summed E-state index contributed by atoms with van der Waals surface area (Å²) in [5, 5.41) is 10.2. The maximum atomic E-state index is 10.2. The number of rotatable bonds is 2. The average Bonchev–Trinajstić information content (AvgIpc) is 1.99. The maximum Gasteiger partial charge on any atom is 0.0798 e. The lowest BCUT2D eigenvalue weighted by Crippen LogP contribution is -2.53. The van der Waals surface area contributed by atoms with Crippen molar-refractivity contribution in [2.75, 3.05) is 0 Å². The molecule has 13 heavy (non-hydrogen) atoms. The second kappa shape index (κ2) is 3.58. The Balaban J connectivity index is 2.62. The van der Waals surface area contributed by atoms with Gasteiger partial charge < -0.3 is 10.8 Å². The van der Waals surface area contributed by atoms with Crippen molar-refractivity contribution in [1.29, 1.82) is 0 Å². The zero-order valence-corrected chi connectivity index (χ0v) is 9.14.